The maximum absolute atomic E-state index is 12.0. The topological polar surface area (TPSA) is 188 Å². The van der Waals surface area contributed by atoms with Gasteiger partial charge in [-0.05, 0) is 5.92 Å². The van der Waals surface area contributed by atoms with Gasteiger partial charge in [0.15, 0.2) is 0 Å². The number of thiol groups is 1. The van der Waals surface area contributed by atoms with Crippen LogP contribution in [0.15, 0.2) is 0 Å². The lowest BCUT2D eigenvalue weighted by atomic mass is 10.0. The predicted molar refractivity (Wildman–Crippen MR) is 93.4 cm³/mol. The van der Waals surface area contributed by atoms with Crippen molar-refractivity contribution >= 4 is 42.3 Å². The highest BCUT2D eigenvalue weighted by Crippen LogP contribution is 1.99. The van der Waals surface area contributed by atoms with E-state index in [0.29, 0.717) is 0 Å². The van der Waals surface area contributed by atoms with Crippen LogP contribution >= 0.6 is 12.6 Å². The van der Waals surface area contributed by atoms with Gasteiger partial charge in [-0.25, -0.2) is 4.79 Å². The monoisotopic (exact) mass is 392 g/mol. The minimum atomic E-state index is -1.62. The standard InChI is InChI=1S/C14H24N4O7S/c1-6(2)11(15)13(23)18-8(5-26)12(22)16-4-9(19)17-7(14(24)25)3-10(20)21/h6-8,11,26H,3-5,15H2,1-2H3,(H,16,22)(H,17,19)(H,18,23)(H,20,21)(H,24,25). The van der Waals surface area contributed by atoms with Crippen LogP contribution in [0.5, 0.6) is 0 Å². The van der Waals surface area contributed by atoms with Crippen molar-refractivity contribution in [2.24, 2.45) is 11.7 Å². The van der Waals surface area contributed by atoms with E-state index in [4.69, 9.17) is 15.9 Å². The highest BCUT2D eigenvalue weighted by molar-refractivity contribution is 7.80. The second-order valence-corrected chi connectivity index (χ2v) is 6.15. The van der Waals surface area contributed by atoms with Crippen molar-refractivity contribution in [1.82, 2.24) is 16.0 Å². The number of hydrogen-bond acceptors (Lipinski definition) is 7. The lowest BCUT2D eigenvalue weighted by Crippen LogP contribution is -2.55. The van der Waals surface area contributed by atoms with Crippen LogP contribution in [0.2, 0.25) is 0 Å². The molecule has 0 fully saturated rings. The lowest BCUT2D eigenvalue weighted by Gasteiger charge is -2.21. The Morgan fingerprint density at radius 2 is 1.58 bits per heavy atom. The normalized spacial score (nSPS) is 14.0. The van der Waals surface area contributed by atoms with Gasteiger partial charge in [-0.3, -0.25) is 19.2 Å². The summed E-state index contributed by atoms with van der Waals surface area (Å²) in [7, 11) is 0. The van der Waals surface area contributed by atoms with Crippen molar-refractivity contribution < 1.29 is 34.2 Å². The van der Waals surface area contributed by atoms with Crippen LogP contribution in [0.1, 0.15) is 20.3 Å². The Labute approximate surface area is 155 Å². The van der Waals surface area contributed by atoms with Crippen molar-refractivity contribution in [2.45, 2.75) is 38.4 Å². The number of rotatable bonds is 11. The predicted octanol–water partition coefficient (Wildman–Crippen LogP) is -2.46. The average molecular weight is 392 g/mol. The lowest BCUT2D eigenvalue weighted by molar-refractivity contribution is -0.147. The van der Waals surface area contributed by atoms with E-state index in [9.17, 15) is 24.0 Å². The van der Waals surface area contributed by atoms with Crippen molar-refractivity contribution in [3.63, 3.8) is 0 Å². The molecule has 0 aliphatic rings. The Kier molecular flexibility index (Phi) is 10.3. The third-order valence-electron chi connectivity index (χ3n) is 3.27. The molecule has 3 atom stereocenters. The van der Waals surface area contributed by atoms with E-state index in [1.54, 1.807) is 13.8 Å². The molecule has 0 aromatic rings. The number of carbonyl (C=O) groups is 5. The molecular weight excluding hydrogens is 368 g/mol. The van der Waals surface area contributed by atoms with Gasteiger partial charge >= 0.3 is 11.9 Å². The molecule has 0 radical (unpaired) electrons. The molecule has 26 heavy (non-hydrogen) atoms. The first kappa shape index (κ1) is 23.7. The van der Waals surface area contributed by atoms with E-state index >= 15 is 0 Å². The second-order valence-electron chi connectivity index (χ2n) is 5.79. The Morgan fingerprint density at radius 3 is 2.00 bits per heavy atom. The summed E-state index contributed by atoms with van der Waals surface area (Å²) in [5, 5.41) is 24.0. The zero-order chi connectivity index (χ0) is 20.4. The molecule has 12 heteroatoms. The number of carbonyl (C=O) groups excluding carboxylic acids is 3. The van der Waals surface area contributed by atoms with Crippen molar-refractivity contribution in [3.8, 4) is 0 Å². The SMILES string of the molecule is CC(C)C(N)C(=O)NC(CS)C(=O)NCC(=O)NC(CC(=O)O)C(=O)O. The molecule has 0 saturated carbocycles. The molecule has 0 aliphatic carbocycles. The minimum absolute atomic E-state index is 0.0548. The van der Waals surface area contributed by atoms with Gasteiger partial charge in [0.05, 0.1) is 19.0 Å². The van der Waals surface area contributed by atoms with Gasteiger partial charge in [-0.15, -0.1) is 0 Å². The molecule has 0 spiro atoms. The Morgan fingerprint density at radius 1 is 1.00 bits per heavy atom. The number of nitrogens with one attached hydrogen (secondary N) is 3. The largest absolute Gasteiger partial charge is 0.481 e. The van der Waals surface area contributed by atoms with Crippen LogP contribution in [-0.4, -0.2) is 70.3 Å². The van der Waals surface area contributed by atoms with E-state index in [0.717, 1.165) is 0 Å². The Balaban J connectivity index is 4.59. The molecule has 0 rings (SSSR count). The molecule has 0 aromatic heterocycles. The molecule has 0 aromatic carbocycles. The number of carboxylic acid groups (broad SMARTS) is 2. The second kappa shape index (κ2) is 11.3. The molecule has 0 aliphatic heterocycles. The van der Waals surface area contributed by atoms with E-state index in [-0.39, 0.29) is 11.7 Å². The highest BCUT2D eigenvalue weighted by Gasteiger charge is 2.26. The summed E-state index contributed by atoms with van der Waals surface area (Å²) in [6.45, 7) is 2.87. The molecule has 0 heterocycles. The van der Waals surface area contributed by atoms with Crippen LogP contribution in [-0.2, 0) is 24.0 Å². The maximum atomic E-state index is 12.0. The quantitative estimate of drug-likeness (QED) is 0.189. The van der Waals surface area contributed by atoms with Crippen LogP contribution in [0.25, 0.3) is 0 Å². The maximum Gasteiger partial charge on any atom is 0.326 e. The number of aliphatic carboxylic acids is 2. The highest BCUT2D eigenvalue weighted by atomic mass is 32.1. The molecule has 7 N–H and O–H groups in total. The first-order valence-electron chi connectivity index (χ1n) is 7.68. The third kappa shape index (κ3) is 8.67. The van der Waals surface area contributed by atoms with Crippen LogP contribution in [0.3, 0.4) is 0 Å². The summed E-state index contributed by atoms with van der Waals surface area (Å²) in [5.41, 5.74) is 5.67. The zero-order valence-corrected chi connectivity index (χ0v) is 15.3. The summed E-state index contributed by atoms with van der Waals surface area (Å²) in [6, 6.07) is -3.49. The van der Waals surface area contributed by atoms with Gasteiger partial charge < -0.3 is 31.9 Å². The molecule has 0 saturated heterocycles. The summed E-state index contributed by atoms with van der Waals surface area (Å²) < 4.78 is 0. The van der Waals surface area contributed by atoms with E-state index in [1.165, 1.54) is 0 Å². The van der Waals surface area contributed by atoms with Crippen LogP contribution < -0.4 is 21.7 Å². The van der Waals surface area contributed by atoms with Crippen molar-refractivity contribution in [3.05, 3.63) is 0 Å². The number of nitrogens with two attached hydrogens (primary N) is 1. The third-order valence-corrected chi connectivity index (χ3v) is 3.64. The van der Waals surface area contributed by atoms with Crippen molar-refractivity contribution in [2.75, 3.05) is 12.3 Å². The smallest absolute Gasteiger partial charge is 0.326 e. The van der Waals surface area contributed by atoms with Gasteiger partial charge in [-0.1, -0.05) is 13.8 Å². The summed E-state index contributed by atoms with van der Waals surface area (Å²) in [6.07, 6.45) is -0.808. The zero-order valence-electron chi connectivity index (χ0n) is 14.4. The fourth-order valence-corrected chi connectivity index (χ4v) is 1.93. The number of amides is 3. The first-order valence-corrected chi connectivity index (χ1v) is 8.31. The molecular formula is C14H24N4O7S. The van der Waals surface area contributed by atoms with Crippen LogP contribution in [0, 0.1) is 5.92 Å². The first-order chi connectivity index (χ1) is 12.0. The van der Waals surface area contributed by atoms with Crippen LogP contribution in [0.4, 0.5) is 0 Å². The average Bonchev–Trinajstić information content (AvgIpc) is 2.55. The molecule has 0 bridgehead atoms. The van der Waals surface area contributed by atoms with Gasteiger partial charge in [0.2, 0.25) is 17.7 Å². The number of hydrogen-bond donors (Lipinski definition) is 7. The van der Waals surface area contributed by atoms with E-state index in [1.807, 2.05) is 5.32 Å². The fourth-order valence-electron chi connectivity index (χ4n) is 1.68. The Hall–Kier alpha value is -2.34. The van der Waals surface area contributed by atoms with Crippen molar-refractivity contribution in [1.29, 1.82) is 0 Å². The van der Waals surface area contributed by atoms with E-state index < -0.39 is 60.8 Å². The molecule has 3 unspecified atom stereocenters. The Bertz CT molecular complexity index is 555. The van der Waals surface area contributed by atoms with Gasteiger partial charge in [-0.2, -0.15) is 12.6 Å². The molecule has 11 nitrogen and oxygen atoms in total. The summed E-state index contributed by atoms with van der Waals surface area (Å²) in [5.74, 6) is -5.28. The van der Waals surface area contributed by atoms with Gasteiger partial charge in [0.1, 0.15) is 12.1 Å². The van der Waals surface area contributed by atoms with Gasteiger partial charge in [0, 0.05) is 5.75 Å². The molecule has 148 valence electrons. The number of carboxylic acids is 2. The molecule has 3 amide bonds. The summed E-state index contributed by atoms with van der Waals surface area (Å²) >= 11 is 3.95. The minimum Gasteiger partial charge on any atom is -0.481 e. The van der Waals surface area contributed by atoms with Gasteiger partial charge in [0.25, 0.3) is 0 Å². The van der Waals surface area contributed by atoms with E-state index in [2.05, 4.69) is 23.3 Å². The summed E-state index contributed by atoms with van der Waals surface area (Å²) in [4.78, 5) is 57.0. The fraction of sp³-hybridized carbons (Fsp3) is 0.643.